The summed E-state index contributed by atoms with van der Waals surface area (Å²) in [6.45, 7) is 6.38. The van der Waals surface area contributed by atoms with Crippen LogP contribution in [0.5, 0.6) is 0 Å². The normalized spacial score (nSPS) is 22.5. The van der Waals surface area contributed by atoms with Gasteiger partial charge >= 0.3 is 0 Å². The molecule has 0 saturated heterocycles. The van der Waals surface area contributed by atoms with Crippen molar-refractivity contribution >= 4 is 22.8 Å². The van der Waals surface area contributed by atoms with E-state index in [1.165, 1.54) is 12.8 Å². The first kappa shape index (κ1) is 14.9. The quantitative estimate of drug-likeness (QED) is 0.808. The molecule has 2 aromatic heterocycles. The van der Waals surface area contributed by atoms with Crippen molar-refractivity contribution in [1.82, 2.24) is 14.5 Å². The zero-order chi connectivity index (χ0) is 15.0. The van der Waals surface area contributed by atoms with Gasteiger partial charge in [-0.15, -0.1) is 0 Å². The average Bonchev–Trinajstić information content (AvgIpc) is 2.68. The Morgan fingerprint density at radius 1 is 1.38 bits per heavy atom. The van der Waals surface area contributed by atoms with E-state index in [2.05, 4.69) is 42.4 Å². The van der Waals surface area contributed by atoms with Crippen molar-refractivity contribution in [1.29, 1.82) is 0 Å². The standard InChI is InChI=1S/C16H23N3OS/c1-16(2,3)20-12-7-11(8-12)10-21-15-18-13-9-17-6-5-14(13)19(15)4/h5-6,9,11-12H,7-8,10H2,1-4H3. The maximum Gasteiger partial charge on any atom is 0.168 e. The van der Waals surface area contributed by atoms with Crippen LogP contribution in [-0.4, -0.2) is 32.0 Å². The number of hydrogen-bond acceptors (Lipinski definition) is 4. The van der Waals surface area contributed by atoms with Crippen LogP contribution in [0.15, 0.2) is 23.6 Å². The van der Waals surface area contributed by atoms with Gasteiger partial charge in [-0.05, 0) is 45.6 Å². The Kier molecular flexibility index (Phi) is 3.97. The lowest BCUT2D eigenvalue weighted by atomic mass is 9.83. The number of pyridine rings is 1. The molecule has 1 aliphatic rings. The molecule has 21 heavy (non-hydrogen) atoms. The summed E-state index contributed by atoms with van der Waals surface area (Å²) >= 11 is 1.85. The minimum Gasteiger partial charge on any atom is -0.373 e. The molecule has 1 aliphatic carbocycles. The number of thioether (sulfide) groups is 1. The third kappa shape index (κ3) is 3.40. The summed E-state index contributed by atoms with van der Waals surface area (Å²) in [6.07, 6.45) is 6.44. The number of fused-ring (bicyclic) bond motifs is 1. The van der Waals surface area contributed by atoms with E-state index < -0.39 is 0 Å². The summed E-state index contributed by atoms with van der Waals surface area (Å²) in [6, 6.07) is 2.02. The topological polar surface area (TPSA) is 39.9 Å². The van der Waals surface area contributed by atoms with Crippen LogP contribution < -0.4 is 0 Å². The fraction of sp³-hybridized carbons (Fsp3) is 0.625. The molecule has 4 nitrogen and oxygen atoms in total. The lowest BCUT2D eigenvalue weighted by Gasteiger charge is -2.39. The van der Waals surface area contributed by atoms with Crippen LogP contribution in [0.4, 0.5) is 0 Å². The van der Waals surface area contributed by atoms with Gasteiger partial charge in [0.1, 0.15) is 5.52 Å². The summed E-state index contributed by atoms with van der Waals surface area (Å²) in [4.78, 5) is 8.79. The monoisotopic (exact) mass is 305 g/mol. The summed E-state index contributed by atoms with van der Waals surface area (Å²) in [5.74, 6) is 1.87. The van der Waals surface area contributed by atoms with Crippen molar-refractivity contribution in [2.24, 2.45) is 13.0 Å². The minimum atomic E-state index is -0.0207. The van der Waals surface area contributed by atoms with Gasteiger partial charge in [0, 0.05) is 19.0 Å². The first-order chi connectivity index (χ1) is 9.92. The van der Waals surface area contributed by atoms with Gasteiger partial charge in [0.25, 0.3) is 0 Å². The van der Waals surface area contributed by atoms with E-state index in [0.717, 1.165) is 27.9 Å². The zero-order valence-electron chi connectivity index (χ0n) is 13.2. The molecule has 0 N–H and O–H groups in total. The third-order valence-corrected chi connectivity index (χ3v) is 5.06. The second kappa shape index (κ2) is 5.61. The Morgan fingerprint density at radius 3 is 2.81 bits per heavy atom. The lowest BCUT2D eigenvalue weighted by molar-refractivity contribution is -0.108. The highest BCUT2D eigenvalue weighted by Gasteiger charge is 2.33. The van der Waals surface area contributed by atoms with Crippen molar-refractivity contribution < 1.29 is 4.74 Å². The van der Waals surface area contributed by atoms with Crippen LogP contribution in [0.25, 0.3) is 11.0 Å². The number of nitrogens with zero attached hydrogens (tertiary/aromatic N) is 3. The Labute approximate surface area is 130 Å². The highest BCUT2D eigenvalue weighted by atomic mass is 32.2. The van der Waals surface area contributed by atoms with Crippen LogP contribution in [0.1, 0.15) is 33.6 Å². The summed E-state index contributed by atoms with van der Waals surface area (Å²) in [5.41, 5.74) is 2.10. The van der Waals surface area contributed by atoms with Crippen molar-refractivity contribution in [3.63, 3.8) is 0 Å². The number of hydrogen-bond donors (Lipinski definition) is 0. The van der Waals surface area contributed by atoms with E-state index in [4.69, 9.17) is 4.74 Å². The molecular weight excluding hydrogens is 282 g/mol. The van der Waals surface area contributed by atoms with E-state index in [-0.39, 0.29) is 5.60 Å². The highest BCUT2D eigenvalue weighted by Crippen LogP contribution is 2.36. The van der Waals surface area contributed by atoms with Crippen molar-refractivity contribution in [2.45, 2.75) is 50.5 Å². The minimum absolute atomic E-state index is 0.0207. The molecule has 0 unspecified atom stereocenters. The van der Waals surface area contributed by atoms with Gasteiger partial charge < -0.3 is 9.30 Å². The Bertz CT molecular complexity index is 626. The molecule has 2 heterocycles. The van der Waals surface area contributed by atoms with E-state index in [9.17, 15) is 0 Å². The zero-order valence-corrected chi connectivity index (χ0v) is 14.0. The van der Waals surface area contributed by atoms with E-state index >= 15 is 0 Å². The lowest BCUT2D eigenvalue weighted by Crippen LogP contribution is -2.38. The molecule has 0 aliphatic heterocycles. The number of rotatable bonds is 4. The molecule has 0 bridgehead atoms. The van der Waals surface area contributed by atoms with Crippen LogP contribution in [0, 0.1) is 5.92 Å². The number of imidazole rings is 1. The molecule has 2 aromatic rings. The van der Waals surface area contributed by atoms with E-state index in [0.29, 0.717) is 6.10 Å². The molecule has 0 amide bonds. The Balaban J connectivity index is 1.53. The van der Waals surface area contributed by atoms with Crippen molar-refractivity contribution in [2.75, 3.05) is 5.75 Å². The third-order valence-electron chi connectivity index (χ3n) is 3.80. The average molecular weight is 305 g/mol. The van der Waals surface area contributed by atoms with Crippen LogP contribution >= 0.6 is 11.8 Å². The predicted octanol–water partition coefficient (Wildman–Crippen LogP) is 3.65. The van der Waals surface area contributed by atoms with Gasteiger partial charge in [-0.2, -0.15) is 0 Å². The molecule has 0 atom stereocenters. The second-order valence-electron chi connectivity index (χ2n) is 6.82. The van der Waals surface area contributed by atoms with Crippen molar-refractivity contribution in [3.8, 4) is 0 Å². The summed E-state index contributed by atoms with van der Waals surface area (Å²) < 4.78 is 8.15. The summed E-state index contributed by atoms with van der Waals surface area (Å²) in [5, 5.41) is 1.08. The molecule has 0 radical (unpaired) electrons. The molecule has 0 aromatic carbocycles. The van der Waals surface area contributed by atoms with Gasteiger partial charge in [-0.3, -0.25) is 4.98 Å². The first-order valence-electron chi connectivity index (χ1n) is 7.49. The Morgan fingerprint density at radius 2 is 2.14 bits per heavy atom. The second-order valence-corrected chi connectivity index (χ2v) is 7.81. The predicted molar refractivity (Wildman–Crippen MR) is 86.6 cm³/mol. The smallest absolute Gasteiger partial charge is 0.168 e. The van der Waals surface area contributed by atoms with Gasteiger partial charge in [0.2, 0.25) is 0 Å². The van der Waals surface area contributed by atoms with Gasteiger partial charge in [-0.1, -0.05) is 11.8 Å². The maximum absolute atomic E-state index is 5.99. The Hall–Kier alpha value is -1.07. The molecule has 3 rings (SSSR count). The van der Waals surface area contributed by atoms with Crippen LogP contribution in [0.2, 0.25) is 0 Å². The van der Waals surface area contributed by atoms with Gasteiger partial charge in [-0.25, -0.2) is 4.98 Å². The maximum atomic E-state index is 5.99. The number of aromatic nitrogens is 3. The highest BCUT2D eigenvalue weighted by molar-refractivity contribution is 7.99. The fourth-order valence-corrected chi connectivity index (χ4v) is 3.87. The largest absolute Gasteiger partial charge is 0.373 e. The summed E-state index contributed by atoms with van der Waals surface area (Å²) in [7, 11) is 2.07. The molecule has 0 spiro atoms. The van der Waals surface area contributed by atoms with Crippen molar-refractivity contribution in [3.05, 3.63) is 18.5 Å². The molecular formula is C16H23N3OS. The van der Waals surface area contributed by atoms with Gasteiger partial charge in [0.15, 0.2) is 5.16 Å². The van der Waals surface area contributed by atoms with Gasteiger partial charge in [0.05, 0.1) is 23.4 Å². The molecule has 5 heteroatoms. The molecule has 1 fully saturated rings. The number of ether oxygens (including phenoxy) is 1. The number of aryl methyl sites for hydroxylation is 1. The molecule has 1 saturated carbocycles. The van der Waals surface area contributed by atoms with E-state index in [1.807, 2.05) is 30.2 Å². The van der Waals surface area contributed by atoms with E-state index in [1.54, 1.807) is 0 Å². The first-order valence-corrected chi connectivity index (χ1v) is 8.48. The molecule has 114 valence electrons. The SMILES string of the molecule is Cn1c(SCC2CC(OC(C)(C)C)C2)nc2cnccc21. The van der Waals surface area contributed by atoms with Crippen LogP contribution in [0.3, 0.4) is 0 Å². The van der Waals surface area contributed by atoms with Crippen LogP contribution in [-0.2, 0) is 11.8 Å². The fourth-order valence-electron chi connectivity index (χ4n) is 2.76.